The maximum atomic E-state index is 4.03. The Bertz CT molecular complexity index is 444. The lowest BCUT2D eigenvalue weighted by Gasteiger charge is -2.21. The molecule has 2 heteroatoms. The molecule has 0 aliphatic heterocycles. The van der Waals surface area contributed by atoms with Crippen molar-refractivity contribution in [2.75, 3.05) is 18.0 Å². The van der Waals surface area contributed by atoms with E-state index in [2.05, 4.69) is 48.0 Å². The molecule has 0 atom stereocenters. The van der Waals surface area contributed by atoms with Gasteiger partial charge in [-0.3, -0.25) is 4.98 Å². The molecular weight excluding hydrogens is 208 g/mol. The van der Waals surface area contributed by atoms with Crippen LogP contribution in [0.3, 0.4) is 0 Å². The number of nitrogens with zero attached hydrogens (tertiary/aromatic N) is 2. The minimum absolute atomic E-state index is 1.05. The fourth-order valence-corrected chi connectivity index (χ4v) is 2.00. The molecule has 2 aromatic rings. The molecule has 0 radical (unpaired) electrons. The first-order valence-electron chi connectivity index (χ1n) is 6.10. The van der Waals surface area contributed by atoms with Crippen LogP contribution in [0.5, 0.6) is 0 Å². The summed E-state index contributed by atoms with van der Waals surface area (Å²) in [7, 11) is 0. The summed E-state index contributed by atoms with van der Waals surface area (Å²) in [6.07, 6.45) is 3.65. The molecular formula is C15H18N2. The highest BCUT2D eigenvalue weighted by Crippen LogP contribution is 2.22. The molecule has 0 amide bonds. The minimum atomic E-state index is 1.05. The second kappa shape index (κ2) is 5.48. The van der Waals surface area contributed by atoms with E-state index in [1.807, 2.05) is 24.5 Å². The predicted octanol–water partition coefficient (Wildman–Crippen LogP) is 3.59. The number of aromatic nitrogens is 1. The summed E-state index contributed by atoms with van der Waals surface area (Å²) in [5, 5.41) is 0. The summed E-state index contributed by atoms with van der Waals surface area (Å²) in [6.45, 7) is 6.46. The molecule has 0 fully saturated rings. The van der Waals surface area contributed by atoms with Gasteiger partial charge in [-0.05, 0) is 49.2 Å². The summed E-state index contributed by atoms with van der Waals surface area (Å²) in [5.74, 6) is 0. The first-order chi connectivity index (χ1) is 8.35. The van der Waals surface area contributed by atoms with Crippen LogP contribution in [-0.2, 0) is 0 Å². The number of benzene rings is 1. The Morgan fingerprint density at radius 1 is 0.824 bits per heavy atom. The maximum Gasteiger partial charge on any atom is 0.0366 e. The maximum absolute atomic E-state index is 4.03. The lowest BCUT2D eigenvalue weighted by molar-refractivity contribution is 0.866. The molecule has 88 valence electrons. The van der Waals surface area contributed by atoms with E-state index in [4.69, 9.17) is 0 Å². The van der Waals surface area contributed by atoms with Crippen molar-refractivity contribution in [2.24, 2.45) is 0 Å². The predicted molar refractivity (Wildman–Crippen MR) is 73.2 cm³/mol. The molecule has 0 saturated heterocycles. The largest absolute Gasteiger partial charge is 0.372 e. The zero-order valence-electron chi connectivity index (χ0n) is 10.4. The van der Waals surface area contributed by atoms with Gasteiger partial charge in [0.1, 0.15) is 0 Å². The van der Waals surface area contributed by atoms with Gasteiger partial charge in [0.05, 0.1) is 0 Å². The van der Waals surface area contributed by atoms with E-state index in [-0.39, 0.29) is 0 Å². The van der Waals surface area contributed by atoms with Crippen molar-refractivity contribution in [1.29, 1.82) is 0 Å². The number of anilines is 1. The molecule has 0 saturated carbocycles. The Morgan fingerprint density at radius 2 is 1.35 bits per heavy atom. The van der Waals surface area contributed by atoms with E-state index in [1.165, 1.54) is 16.8 Å². The lowest BCUT2D eigenvalue weighted by atomic mass is 10.1. The molecule has 0 spiro atoms. The monoisotopic (exact) mass is 226 g/mol. The fourth-order valence-electron chi connectivity index (χ4n) is 2.00. The van der Waals surface area contributed by atoms with Crippen molar-refractivity contribution in [3.05, 3.63) is 48.8 Å². The summed E-state index contributed by atoms with van der Waals surface area (Å²) in [5.41, 5.74) is 3.74. The molecule has 1 aromatic heterocycles. The third-order valence-electron chi connectivity index (χ3n) is 3.01. The van der Waals surface area contributed by atoms with Gasteiger partial charge >= 0.3 is 0 Å². The van der Waals surface area contributed by atoms with E-state index in [9.17, 15) is 0 Å². The second-order valence-electron chi connectivity index (χ2n) is 3.96. The van der Waals surface area contributed by atoms with Crippen molar-refractivity contribution < 1.29 is 0 Å². The van der Waals surface area contributed by atoms with Crippen LogP contribution in [0.2, 0.25) is 0 Å². The van der Waals surface area contributed by atoms with Crippen LogP contribution in [-0.4, -0.2) is 18.1 Å². The van der Waals surface area contributed by atoms with Crippen molar-refractivity contribution in [1.82, 2.24) is 4.98 Å². The highest BCUT2D eigenvalue weighted by atomic mass is 15.1. The Hall–Kier alpha value is -1.83. The van der Waals surface area contributed by atoms with Crippen molar-refractivity contribution in [2.45, 2.75) is 13.8 Å². The molecule has 0 N–H and O–H groups in total. The highest BCUT2D eigenvalue weighted by Gasteiger charge is 2.02. The summed E-state index contributed by atoms with van der Waals surface area (Å²) < 4.78 is 0. The van der Waals surface area contributed by atoms with Crippen LogP contribution < -0.4 is 4.90 Å². The van der Waals surface area contributed by atoms with Crippen molar-refractivity contribution >= 4 is 5.69 Å². The van der Waals surface area contributed by atoms with Crippen LogP contribution in [0.15, 0.2) is 48.8 Å². The molecule has 1 aromatic carbocycles. The average molecular weight is 226 g/mol. The molecule has 0 aliphatic carbocycles. The lowest BCUT2D eigenvalue weighted by Crippen LogP contribution is -2.21. The van der Waals surface area contributed by atoms with Gasteiger partial charge in [0.2, 0.25) is 0 Å². The molecule has 1 heterocycles. The fraction of sp³-hybridized carbons (Fsp3) is 0.267. The Balaban J connectivity index is 2.24. The highest BCUT2D eigenvalue weighted by molar-refractivity contribution is 5.65. The number of pyridine rings is 1. The van der Waals surface area contributed by atoms with Gasteiger partial charge in [-0.2, -0.15) is 0 Å². The molecule has 2 rings (SSSR count). The SMILES string of the molecule is CCN(CC)c1ccc(-c2ccncc2)cc1. The summed E-state index contributed by atoms with van der Waals surface area (Å²) in [4.78, 5) is 6.38. The number of hydrogen-bond donors (Lipinski definition) is 0. The zero-order chi connectivity index (χ0) is 12.1. The molecule has 0 unspecified atom stereocenters. The topological polar surface area (TPSA) is 16.1 Å². The molecule has 17 heavy (non-hydrogen) atoms. The van der Waals surface area contributed by atoms with Crippen LogP contribution in [0.25, 0.3) is 11.1 Å². The van der Waals surface area contributed by atoms with E-state index < -0.39 is 0 Å². The third-order valence-corrected chi connectivity index (χ3v) is 3.01. The van der Waals surface area contributed by atoms with Crippen LogP contribution in [0, 0.1) is 0 Å². The van der Waals surface area contributed by atoms with Gasteiger partial charge in [0, 0.05) is 31.2 Å². The van der Waals surface area contributed by atoms with E-state index in [1.54, 1.807) is 0 Å². The average Bonchev–Trinajstić information content (AvgIpc) is 2.42. The normalized spacial score (nSPS) is 10.2. The first kappa shape index (κ1) is 11.6. The quantitative estimate of drug-likeness (QED) is 0.792. The molecule has 2 nitrogen and oxygen atoms in total. The Morgan fingerprint density at radius 3 is 1.88 bits per heavy atom. The standard InChI is InChI=1S/C15H18N2/c1-3-17(4-2)15-7-5-13(6-8-15)14-9-11-16-12-10-14/h5-12H,3-4H2,1-2H3. The van der Waals surface area contributed by atoms with Gasteiger partial charge in [-0.25, -0.2) is 0 Å². The number of rotatable bonds is 4. The smallest absolute Gasteiger partial charge is 0.0366 e. The number of hydrogen-bond acceptors (Lipinski definition) is 2. The Labute approximate surface area is 103 Å². The second-order valence-corrected chi connectivity index (χ2v) is 3.96. The van der Waals surface area contributed by atoms with Crippen molar-refractivity contribution in [3.8, 4) is 11.1 Å². The third kappa shape index (κ3) is 2.64. The van der Waals surface area contributed by atoms with Gasteiger partial charge in [-0.15, -0.1) is 0 Å². The van der Waals surface area contributed by atoms with Gasteiger partial charge < -0.3 is 4.90 Å². The van der Waals surface area contributed by atoms with Gasteiger partial charge in [0.25, 0.3) is 0 Å². The van der Waals surface area contributed by atoms with Crippen LogP contribution in [0.1, 0.15) is 13.8 Å². The van der Waals surface area contributed by atoms with Crippen LogP contribution in [0.4, 0.5) is 5.69 Å². The zero-order valence-corrected chi connectivity index (χ0v) is 10.4. The van der Waals surface area contributed by atoms with Crippen molar-refractivity contribution in [3.63, 3.8) is 0 Å². The molecule has 0 bridgehead atoms. The summed E-state index contributed by atoms with van der Waals surface area (Å²) in [6, 6.07) is 12.8. The minimum Gasteiger partial charge on any atom is -0.372 e. The van der Waals surface area contributed by atoms with Gasteiger partial charge in [0.15, 0.2) is 0 Å². The first-order valence-corrected chi connectivity index (χ1v) is 6.10. The van der Waals surface area contributed by atoms with Crippen LogP contribution >= 0.6 is 0 Å². The molecule has 0 aliphatic rings. The van der Waals surface area contributed by atoms with E-state index in [0.29, 0.717) is 0 Å². The van der Waals surface area contributed by atoms with Gasteiger partial charge in [-0.1, -0.05) is 12.1 Å². The van der Waals surface area contributed by atoms with E-state index in [0.717, 1.165) is 13.1 Å². The Kier molecular flexibility index (Phi) is 3.76. The summed E-state index contributed by atoms with van der Waals surface area (Å²) >= 11 is 0. The van der Waals surface area contributed by atoms with E-state index >= 15 is 0 Å².